The van der Waals surface area contributed by atoms with Crippen LogP contribution in [0.5, 0.6) is 23.0 Å². The van der Waals surface area contributed by atoms with Crippen LogP contribution in [0.25, 0.3) is 0 Å². The summed E-state index contributed by atoms with van der Waals surface area (Å²) < 4.78 is 61.8. The van der Waals surface area contributed by atoms with Gasteiger partial charge in [-0.05, 0) is 115 Å². The van der Waals surface area contributed by atoms with E-state index in [9.17, 15) is 9.59 Å². The molecule has 0 radical (unpaired) electrons. The third-order valence-corrected chi connectivity index (χ3v) is 9.30. The van der Waals surface area contributed by atoms with Gasteiger partial charge in [-0.3, -0.25) is 5.32 Å². The van der Waals surface area contributed by atoms with E-state index in [0.717, 1.165) is 54.9 Å². The highest BCUT2D eigenvalue weighted by atomic mass is 16.6. The molecule has 0 saturated heterocycles. The van der Waals surface area contributed by atoms with Crippen molar-refractivity contribution in [3.63, 3.8) is 0 Å². The summed E-state index contributed by atoms with van der Waals surface area (Å²) in [5, 5.41) is 6.15. The van der Waals surface area contributed by atoms with Crippen molar-refractivity contribution in [3.05, 3.63) is 114 Å². The fraction of sp³-hybridized carbons (Fsp3) is 0.412. The third-order valence-electron chi connectivity index (χ3n) is 9.30. The first kappa shape index (κ1) is 50.7. The monoisotopic (exact) mass is 908 g/mol. The van der Waals surface area contributed by atoms with Gasteiger partial charge in [0.05, 0.1) is 78.2 Å². The lowest BCUT2D eigenvalue weighted by Crippen LogP contribution is -2.16. The Morgan fingerprint density at radius 2 is 1.09 bits per heavy atom. The predicted molar refractivity (Wildman–Crippen MR) is 247 cm³/mol. The maximum atomic E-state index is 13.0. The van der Waals surface area contributed by atoms with Crippen LogP contribution >= 0.6 is 0 Å². The molecule has 0 atom stereocenters. The molecule has 1 aliphatic rings. The number of hydrogen-bond acceptors (Lipinski definition) is 14. The molecule has 66 heavy (non-hydrogen) atoms. The molecule has 0 unspecified atom stereocenters. The summed E-state index contributed by atoms with van der Waals surface area (Å²) in [5.74, 6) is 13.0. The molecule has 352 valence electrons. The first-order valence-corrected chi connectivity index (χ1v) is 22.2. The summed E-state index contributed by atoms with van der Waals surface area (Å²) in [5.41, 5.74) is 2.97. The fourth-order valence-corrected chi connectivity index (χ4v) is 5.89. The summed E-state index contributed by atoms with van der Waals surface area (Å²) in [4.78, 5) is 24.9. The summed E-state index contributed by atoms with van der Waals surface area (Å²) >= 11 is 0. The maximum Gasteiger partial charge on any atom is 0.411 e. The van der Waals surface area contributed by atoms with Crippen molar-refractivity contribution in [1.29, 1.82) is 0 Å². The van der Waals surface area contributed by atoms with Gasteiger partial charge in [-0.2, -0.15) is 0 Å². The van der Waals surface area contributed by atoms with Crippen LogP contribution in [0.3, 0.4) is 0 Å². The Kier molecular flexibility index (Phi) is 24.9. The molecular formula is C51H60N2O13. The second-order valence-corrected chi connectivity index (χ2v) is 14.3. The number of benzene rings is 4. The van der Waals surface area contributed by atoms with Crippen LogP contribution in [0.1, 0.15) is 40.7 Å². The normalized spacial score (nSPS) is 14.1. The molecule has 1 heterocycles. The second-order valence-electron chi connectivity index (χ2n) is 14.3. The van der Waals surface area contributed by atoms with Gasteiger partial charge in [0.25, 0.3) is 0 Å². The molecule has 4 aromatic carbocycles. The summed E-state index contributed by atoms with van der Waals surface area (Å²) in [7, 11) is 0. The van der Waals surface area contributed by atoms with Gasteiger partial charge >= 0.3 is 12.1 Å². The van der Waals surface area contributed by atoms with Crippen molar-refractivity contribution < 1.29 is 61.7 Å². The van der Waals surface area contributed by atoms with Crippen LogP contribution < -0.4 is 29.6 Å². The molecule has 0 aromatic heterocycles. The molecular weight excluding hydrogens is 849 g/mol. The topological polar surface area (TPSA) is 160 Å². The number of carbonyl (C=O) groups excluding carboxylic acids is 2. The minimum atomic E-state index is -0.510. The average Bonchev–Trinajstić information content (AvgIpc) is 3.34. The van der Waals surface area contributed by atoms with Gasteiger partial charge in [-0.15, -0.1) is 0 Å². The van der Waals surface area contributed by atoms with Gasteiger partial charge in [0, 0.05) is 12.2 Å². The molecule has 0 bridgehead atoms. The number of unbranched alkanes of at least 4 members (excludes halogenated alkanes) is 2. The Morgan fingerprint density at radius 1 is 0.545 bits per heavy atom. The molecule has 15 nitrogen and oxygen atoms in total. The van der Waals surface area contributed by atoms with E-state index in [2.05, 4.69) is 34.3 Å². The van der Waals surface area contributed by atoms with Crippen LogP contribution in [0.4, 0.5) is 10.5 Å². The number of hydrogen-bond donors (Lipinski definition) is 2. The van der Waals surface area contributed by atoms with Gasteiger partial charge in [0.2, 0.25) is 0 Å². The highest BCUT2D eigenvalue weighted by molar-refractivity contribution is 5.90. The zero-order chi connectivity index (χ0) is 46.0. The predicted octanol–water partition coefficient (Wildman–Crippen LogP) is 6.87. The number of anilines is 1. The van der Waals surface area contributed by atoms with Crippen molar-refractivity contribution in [3.8, 4) is 46.7 Å². The number of rotatable bonds is 16. The molecule has 0 fully saturated rings. The van der Waals surface area contributed by atoms with E-state index >= 15 is 0 Å². The summed E-state index contributed by atoms with van der Waals surface area (Å²) in [6.07, 6.45) is 2.33. The molecule has 4 aromatic rings. The van der Waals surface area contributed by atoms with Crippen LogP contribution in [0.2, 0.25) is 0 Å². The first-order chi connectivity index (χ1) is 32.6. The largest absolute Gasteiger partial charge is 0.487 e. The molecule has 5 rings (SSSR count). The Labute approximate surface area is 387 Å². The number of fused-ring (bicyclic) bond motifs is 1. The van der Waals surface area contributed by atoms with Crippen LogP contribution in [-0.4, -0.2) is 118 Å². The first-order valence-electron chi connectivity index (χ1n) is 22.2. The highest BCUT2D eigenvalue weighted by Gasteiger charge is 2.14. The van der Waals surface area contributed by atoms with Crippen molar-refractivity contribution in [2.75, 3.05) is 111 Å². The van der Waals surface area contributed by atoms with Gasteiger partial charge in [-0.25, -0.2) is 9.59 Å². The lowest BCUT2D eigenvalue weighted by molar-refractivity contribution is -0.0134. The van der Waals surface area contributed by atoms with E-state index in [1.165, 1.54) is 0 Å². The Balaban J connectivity index is 0.922. The van der Waals surface area contributed by atoms with Crippen molar-refractivity contribution in [1.82, 2.24) is 5.32 Å². The van der Waals surface area contributed by atoms with Gasteiger partial charge in [-0.1, -0.05) is 42.5 Å². The Bertz CT molecular complexity index is 2100. The average molecular weight is 909 g/mol. The zero-order valence-corrected chi connectivity index (χ0v) is 37.4. The number of ether oxygens (including phenoxy) is 11. The number of carbonyl (C=O) groups is 2. The van der Waals surface area contributed by atoms with Crippen molar-refractivity contribution >= 4 is 17.7 Å². The van der Waals surface area contributed by atoms with E-state index in [4.69, 9.17) is 52.1 Å². The zero-order valence-electron chi connectivity index (χ0n) is 37.4. The quantitative estimate of drug-likeness (QED) is 0.0681. The van der Waals surface area contributed by atoms with Gasteiger partial charge in [0.15, 0.2) is 11.5 Å². The Hall–Kier alpha value is -6.30. The SMILES string of the molecule is O=C(Nc1ccccc1)OCCCCCNCc1ccc(OCC#CC#CCOc2ccc(COC(=O)c3ccc4c(c3)OCCOCCOCCOCCOCCOCCO4)cc2)cc1. The standard InChI is InChI=1S/C51H60N2O13/c54-50(44-17-22-48-49(39-44)64-38-36-60-34-32-58-30-28-56-27-29-57-31-33-59-35-37-63-48)66-41-43-15-20-47(21-16-43)62-25-9-2-1-8-24-61-46-18-13-42(14-19-46)40-52-23-7-4-10-26-65-51(55)53-45-11-5-3-6-12-45/h3,5-6,11-22,39,52H,4,7,10,23-38,40-41H2,(H,53,55). The molecule has 2 N–H and O–H groups in total. The number of esters is 1. The molecule has 0 spiro atoms. The van der Waals surface area contributed by atoms with E-state index in [0.29, 0.717) is 95.5 Å². The molecule has 0 saturated carbocycles. The van der Waals surface area contributed by atoms with E-state index in [-0.39, 0.29) is 33.0 Å². The number of amides is 1. The van der Waals surface area contributed by atoms with E-state index < -0.39 is 12.1 Å². The fourth-order valence-electron chi connectivity index (χ4n) is 5.89. The second kappa shape index (κ2) is 32.4. The minimum Gasteiger partial charge on any atom is -0.487 e. The van der Waals surface area contributed by atoms with Crippen molar-refractivity contribution in [2.45, 2.75) is 32.4 Å². The molecule has 1 aliphatic heterocycles. The molecule has 1 amide bonds. The van der Waals surface area contributed by atoms with E-state index in [1.807, 2.05) is 66.7 Å². The summed E-state index contributed by atoms with van der Waals surface area (Å²) in [6.45, 7) is 7.29. The highest BCUT2D eigenvalue weighted by Crippen LogP contribution is 2.29. The van der Waals surface area contributed by atoms with Crippen LogP contribution in [-0.2, 0) is 46.3 Å². The van der Waals surface area contributed by atoms with Crippen LogP contribution in [0, 0.1) is 23.7 Å². The lowest BCUT2D eigenvalue weighted by atomic mass is 10.2. The summed E-state index contributed by atoms with van der Waals surface area (Å²) in [6, 6.07) is 29.2. The van der Waals surface area contributed by atoms with E-state index in [1.54, 1.807) is 30.3 Å². The minimum absolute atomic E-state index is 0.0634. The van der Waals surface area contributed by atoms with Gasteiger partial charge in [0.1, 0.15) is 44.5 Å². The number of nitrogens with one attached hydrogen (secondary N) is 2. The Morgan fingerprint density at radius 3 is 1.68 bits per heavy atom. The molecule has 15 heteroatoms. The van der Waals surface area contributed by atoms with Crippen LogP contribution in [0.15, 0.2) is 97.1 Å². The smallest absolute Gasteiger partial charge is 0.411 e. The third kappa shape index (κ3) is 22.1. The number of para-hydroxylation sites is 1. The maximum absolute atomic E-state index is 13.0. The van der Waals surface area contributed by atoms with Crippen molar-refractivity contribution in [2.24, 2.45) is 0 Å². The van der Waals surface area contributed by atoms with Gasteiger partial charge < -0.3 is 57.4 Å². The lowest BCUT2D eigenvalue weighted by Gasteiger charge is -2.15. The molecule has 0 aliphatic carbocycles.